The number of rotatable bonds is 1. The Balaban J connectivity index is 2.42. The molecule has 2 heterocycles. The summed E-state index contributed by atoms with van der Waals surface area (Å²) in [7, 11) is 0. The largest absolute Gasteiger partial charge is 0.354 e. The van der Waals surface area contributed by atoms with Crippen LogP contribution in [0.1, 0.15) is 30.2 Å². The summed E-state index contributed by atoms with van der Waals surface area (Å²) in [5.74, 6) is 1.44. The molecule has 0 aromatic carbocycles. The minimum atomic E-state index is 0.676. The van der Waals surface area contributed by atoms with Gasteiger partial charge >= 0.3 is 0 Å². The third-order valence-corrected chi connectivity index (χ3v) is 3.27. The lowest BCUT2D eigenvalue weighted by molar-refractivity contribution is 0.658. The van der Waals surface area contributed by atoms with E-state index in [0.717, 1.165) is 30.2 Å². The molecule has 1 aromatic heterocycles. The molecule has 0 N–H and O–H groups in total. The Kier molecular flexibility index (Phi) is 2.78. The number of nitriles is 1. The van der Waals surface area contributed by atoms with Gasteiger partial charge in [-0.2, -0.15) is 10.4 Å². The van der Waals surface area contributed by atoms with Crippen LogP contribution in [0.4, 0.5) is 5.82 Å². The quantitative estimate of drug-likeness (QED) is 0.718. The molecule has 1 aliphatic rings. The van der Waals surface area contributed by atoms with Crippen LogP contribution in [-0.2, 0) is 0 Å². The zero-order chi connectivity index (χ0) is 11.7. The van der Waals surface area contributed by atoms with E-state index < -0.39 is 0 Å². The zero-order valence-corrected chi connectivity index (χ0v) is 9.99. The molecule has 0 radical (unpaired) electrons. The standard InChI is InChI=1S/C12H16N4/c1-8-4-5-16(7-8)12-11(6-13)9(2)10(3)14-15-12/h8H,4-5,7H2,1-3H3. The lowest BCUT2D eigenvalue weighted by atomic mass is 10.1. The number of aromatic nitrogens is 2. The van der Waals surface area contributed by atoms with E-state index in [1.54, 1.807) is 0 Å². The smallest absolute Gasteiger partial charge is 0.169 e. The van der Waals surface area contributed by atoms with Gasteiger partial charge in [0.2, 0.25) is 0 Å². The fraction of sp³-hybridized carbons (Fsp3) is 0.583. The Labute approximate surface area is 95.9 Å². The Morgan fingerprint density at radius 3 is 2.69 bits per heavy atom. The summed E-state index contributed by atoms with van der Waals surface area (Å²) in [6.45, 7) is 8.00. The molecule has 0 spiro atoms. The molecular weight excluding hydrogens is 200 g/mol. The van der Waals surface area contributed by atoms with Crippen molar-refractivity contribution in [2.45, 2.75) is 27.2 Å². The molecule has 0 aliphatic carbocycles. The van der Waals surface area contributed by atoms with Crippen LogP contribution in [0, 0.1) is 31.1 Å². The first-order valence-electron chi connectivity index (χ1n) is 5.62. The Bertz CT molecular complexity index is 447. The maximum absolute atomic E-state index is 9.21. The molecule has 1 aromatic rings. The van der Waals surface area contributed by atoms with Crippen molar-refractivity contribution in [3.63, 3.8) is 0 Å². The molecule has 1 saturated heterocycles. The Hall–Kier alpha value is -1.63. The van der Waals surface area contributed by atoms with Crippen molar-refractivity contribution in [2.24, 2.45) is 5.92 Å². The molecule has 16 heavy (non-hydrogen) atoms. The highest BCUT2D eigenvalue weighted by molar-refractivity contribution is 5.57. The highest BCUT2D eigenvalue weighted by Crippen LogP contribution is 2.26. The predicted molar refractivity (Wildman–Crippen MR) is 62.2 cm³/mol. The first-order chi connectivity index (χ1) is 7.63. The van der Waals surface area contributed by atoms with E-state index in [1.807, 2.05) is 13.8 Å². The van der Waals surface area contributed by atoms with Gasteiger partial charge in [0.15, 0.2) is 5.82 Å². The SMILES string of the molecule is Cc1nnc(N2CCC(C)C2)c(C#N)c1C. The maximum Gasteiger partial charge on any atom is 0.169 e. The van der Waals surface area contributed by atoms with Crippen molar-refractivity contribution in [1.82, 2.24) is 10.2 Å². The van der Waals surface area contributed by atoms with Gasteiger partial charge in [-0.25, -0.2) is 0 Å². The number of hydrogen-bond donors (Lipinski definition) is 0. The summed E-state index contributed by atoms with van der Waals surface area (Å²) >= 11 is 0. The van der Waals surface area contributed by atoms with Crippen LogP contribution in [0.25, 0.3) is 0 Å². The number of nitrogens with zero attached hydrogens (tertiary/aromatic N) is 4. The third kappa shape index (κ3) is 1.73. The van der Waals surface area contributed by atoms with Gasteiger partial charge in [-0.15, -0.1) is 5.10 Å². The summed E-state index contributed by atoms with van der Waals surface area (Å²) in [4.78, 5) is 2.17. The van der Waals surface area contributed by atoms with E-state index in [-0.39, 0.29) is 0 Å². The van der Waals surface area contributed by atoms with Gasteiger partial charge in [0.1, 0.15) is 11.6 Å². The van der Waals surface area contributed by atoms with Gasteiger partial charge in [0.25, 0.3) is 0 Å². The summed E-state index contributed by atoms with van der Waals surface area (Å²) in [5.41, 5.74) is 2.47. The van der Waals surface area contributed by atoms with E-state index in [2.05, 4.69) is 28.1 Å². The molecule has 1 unspecified atom stereocenters. The molecule has 0 bridgehead atoms. The molecule has 2 rings (SSSR count). The van der Waals surface area contributed by atoms with Gasteiger partial charge in [0, 0.05) is 13.1 Å². The molecule has 1 aliphatic heterocycles. The highest BCUT2D eigenvalue weighted by Gasteiger charge is 2.23. The topological polar surface area (TPSA) is 52.8 Å². The Morgan fingerprint density at radius 1 is 1.38 bits per heavy atom. The minimum Gasteiger partial charge on any atom is -0.354 e. The fourth-order valence-electron chi connectivity index (χ4n) is 2.08. The van der Waals surface area contributed by atoms with Gasteiger partial charge in [-0.05, 0) is 31.7 Å². The van der Waals surface area contributed by atoms with E-state index in [1.165, 1.54) is 6.42 Å². The first-order valence-corrected chi connectivity index (χ1v) is 5.62. The number of anilines is 1. The van der Waals surface area contributed by atoms with Crippen LogP contribution in [0.15, 0.2) is 0 Å². The second kappa shape index (κ2) is 4.09. The van der Waals surface area contributed by atoms with Crippen molar-refractivity contribution in [1.29, 1.82) is 5.26 Å². The fourth-order valence-corrected chi connectivity index (χ4v) is 2.08. The monoisotopic (exact) mass is 216 g/mol. The lowest BCUT2D eigenvalue weighted by Gasteiger charge is -2.18. The van der Waals surface area contributed by atoms with E-state index in [0.29, 0.717) is 11.5 Å². The van der Waals surface area contributed by atoms with Gasteiger partial charge in [0.05, 0.1) is 5.69 Å². The van der Waals surface area contributed by atoms with Crippen molar-refractivity contribution in [3.8, 4) is 6.07 Å². The van der Waals surface area contributed by atoms with Crippen molar-refractivity contribution < 1.29 is 0 Å². The summed E-state index contributed by atoms with van der Waals surface area (Å²) in [6, 6.07) is 2.25. The first kappa shape index (κ1) is 10.9. The van der Waals surface area contributed by atoms with Crippen LogP contribution in [0.2, 0.25) is 0 Å². The number of hydrogen-bond acceptors (Lipinski definition) is 4. The molecule has 84 valence electrons. The van der Waals surface area contributed by atoms with Gasteiger partial charge in [-0.3, -0.25) is 0 Å². The maximum atomic E-state index is 9.21. The van der Waals surface area contributed by atoms with Crippen molar-refractivity contribution in [3.05, 3.63) is 16.8 Å². The third-order valence-electron chi connectivity index (χ3n) is 3.27. The normalized spacial score (nSPS) is 19.9. The second-order valence-electron chi connectivity index (χ2n) is 4.56. The van der Waals surface area contributed by atoms with E-state index in [9.17, 15) is 5.26 Å². The lowest BCUT2D eigenvalue weighted by Crippen LogP contribution is -2.22. The highest BCUT2D eigenvalue weighted by atomic mass is 15.3. The minimum absolute atomic E-state index is 0.676. The molecule has 0 saturated carbocycles. The van der Waals surface area contributed by atoms with Gasteiger partial charge in [-0.1, -0.05) is 6.92 Å². The van der Waals surface area contributed by atoms with Gasteiger partial charge < -0.3 is 4.90 Å². The van der Waals surface area contributed by atoms with Crippen molar-refractivity contribution in [2.75, 3.05) is 18.0 Å². The molecule has 0 amide bonds. The molecule has 1 atom stereocenters. The van der Waals surface area contributed by atoms with Crippen molar-refractivity contribution >= 4 is 5.82 Å². The van der Waals surface area contributed by atoms with Crippen LogP contribution in [-0.4, -0.2) is 23.3 Å². The molecular formula is C12H16N4. The Morgan fingerprint density at radius 2 is 2.12 bits per heavy atom. The second-order valence-corrected chi connectivity index (χ2v) is 4.56. The summed E-state index contributed by atoms with van der Waals surface area (Å²) in [5, 5.41) is 17.5. The molecule has 1 fully saturated rings. The van der Waals surface area contributed by atoms with Crippen LogP contribution in [0.5, 0.6) is 0 Å². The van der Waals surface area contributed by atoms with Crippen LogP contribution < -0.4 is 4.90 Å². The molecule has 4 heteroatoms. The summed E-state index contributed by atoms with van der Waals surface area (Å²) < 4.78 is 0. The summed E-state index contributed by atoms with van der Waals surface area (Å²) in [6.07, 6.45) is 1.17. The molecule has 4 nitrogen and oxygen atoms in total. The average molecular weight is 216 g/mol. The number of aryl methyl sites for hydroxylation is 1. The van der Waals surface area contributed by atoms with E-state index in [4.69, 9.17) is 0 Å². The average Bonchev–Trinajstić information content (AvgIpc) is 2.68. The van der Waals surface area contributed by atoms with E-state index >= 15 is 0 Å². The predicted octanol–water partition coefficient (Wildman–Crippen LogP) is 1.81. The van der Waals surface area contributed by atoms with Crippen LogP contribution in [0.3, 0.4) is 0 Å². The zero-order valence-electron chi connectivity index (χ0n) is 9.99. The van der Waals surface area contributed by atoms with Crippen LogP contribution >= 0.6 is 0 Å².